The maximum absolute atomic E-state index is 12.8. The summed E-state index contributed by atoms with van der Waals surface area (Å²) >= 11 is 3.42. The maximum atomic E-state index is 12.8. The van der Waals surface area contributed by atoms with Crippen LogP contribution in [-0.4, -0.2) is 15.6 Å². The Morgan fingerprint density at radius 1 is 1.38 bits per heavy atom. The number of carbonyl (C=O) groups is 1. The molecule has 0 amide bonds. The van der Waals surface area contributed by atoms with E-state index in [0.717, 1.165) is 23.0 Å². The Labute approximate surface area is 133 Å². The zero-order valence-corrected chi connectivity index (χ0v) is 13.9. The molecule has 0 saturated heterocycles. The molecule has 0 aliphatic carbocycles. The van der Waals surface area contributed by atoms with Crippen LogP contribution >= 0.6 is 15.9 Å². The van der Waals surface area contributed by atoms with Crippen molar-refractivity contribution in [2.75, 3.05) is 0 Å². The Kier molecular flexibility index (Phi) is 5.31. The van der Waals surface area contributed by atoms with Crippen molar-refractivity contribution in [1.82, 2.24) is 9.78 Å². The highest BCUT2D eigenvalue weighted by molar-refractivity contribution is 9.10. The number of rotatable bonds is 6. The van der Waals surface area contributed by atoms with Crippen LogP contribution in [0.1, 0.15) is 42.4 Å². The van der Waals surface area contributed by atoms with Crippen LogP contribution in [0.15, 0.2) is 41.0 Å². The van der Waals surface area contributed by atoms with Gasteiger partial charge in [-0.3, -0.25) is 9.48 Å². The van der Waals surface area contributed by atoms with Gasteiger partial charge in [-0.05, 0) is 27.9 Å². The quantitative estimate of drug-likeness (QED) is 0.810. The Morgan fingerprint density at radius 2 is 2.05 bits per heavy atom. The second kappa shape index (κ2) is 7.00. The van der Waals surface area contributed by atoms with Gasteiger partial charge in [0.05, 0.1) is 10.7 Å². The molecule has 2 N–H and O–H groups in total. The first-order valence-electron chi connectivity index (χ1n) is 7.12. The summed E-state index contributed by atoms with van der Waals surface area (Å²) in [5.41, 5.74) is 7.83. The summed E-state index contributed by atoms with van der Waals surface area (Å²) in [6.45, 7) is 4.65. The normalized spacial score (nSPS) is 13.9. The van der Waals surface area contributed by atoms with Crippen molar-refractivity contribution in [1.29, 1.82) is 0 Å². The molecule has 1 heterocycles. The van der Waals surface area contributed by atoms with Crippen molar-refractivity contribution in [3.05, 3.63) is 52.3 Å². The highest BCUT2D eigenvalue weighted by atomic mass is 79.9. The molecule has 2 unspecified atom stereocenters. The van der Waals surface area contributed by atoms with Gasteiger partial charge in [0.25, 0.3) is 0 Å². The van der Waals surface area contributed by atoms with Crippen molar-refractivity contribution >= 4 is 21.7 Å². The lowest BCUT2D eigenvalue weighted by Crippen LogP contribution is -2.28. The smallest absolute Gasteiger partial charge is 0.186 e. The third-order valence-electron chi connectivity index (χ3n) is 3.60. The molecule has 2 rings (SSSR count). The maximum Gasteiger partial charge on any atom is 0.186 e. The monoisotopic (exact) mass is 349 g/mol. The van der Waals surface area contributed by atoms with E-state index in [2.05, 4.69) is 28.0 Å². The van der Waals surface area contributed by atoms with E-state index in [-0.39, 0.29) is 17.7 Å². The van der Waals surface area contributed by atoms with Crippen molar-refractivity contribution in [2.45, 2.75) is 32.9 Å². The fourth-order valence-electron chi connectivity index (χ4n) is 2.33. The first kappa shape index (κ1) is 15.9. The van der Waals surface area contributed by atoms with E-state index >= 15 is 0 Å². The molecule has 0 fully saturated rings. The lowest BCUT2D eigenvalue weighted by Gasteiger charge is -2.20. The standard InChI is InChI=1S/C16H20BrN3O/c1-3-9-20-15(13(17)10-19-20)16(21)11(2)14(18)12-7-5-4-6-8-12/h4-8,10-11,14H,3,9,18H2,1-2H3. The van der Waals surface area contributed by atoms with Gasteiger partial charge in [-0.2, -0.15) is 5.10 Å². The Hall–Kier alpha value is -1.46. The number of hydrogen-bond donors (Lipinski definition) is 1. The van der Waals surface area contributed by atoms with Crippen LogP contribution in [0.2, 0.25) is 0 Å². The summed E-state index contributed by atoms with van der Waals surface area (Å²) in [5.74, 6) is -0.291. The van der Waals surface area contributed by atoms with Gasteiger partial charge >= 0.3 is 0 Å². The first-order chi connectivity index (χ1) is 10.1. The molecule has 1 aromatic heterocycles. The zero-order chi connectivity index (χ0) is 15.4. The molecule has 21 heavy (non-hydrogen) atoms. The molecule has 0 radical (unpaired) electrons. The van der Waals surface area contributed by atoms with Crippen LogP contribution in [0.5, 0.6) is 0 Å². The Morgan fingerprint density at radius 3 is 2.67 bits per heavy atom. The number of benzene rings is 1. The molecule has 2 atom stereocenters. The van der Waals surface area contributed by atoms with E-state index in [1.807, 2.05) is 37.3 Å². The second-order valence-electron chi connectivity index (χ2n) is 5.15. The molecule has 2 aromatic rings. The average Bonchev–Trinajstić information content (AvgIpc) is 2.87. The second-order valence-corrected chi connectivity index (χ2v) is 6.01. The number of Topliss-reactive ketones (excluding diaryl/α,β-unsaturated/α-hetero) is 1. The lowest BCUT2D eigenvalue weighted by molar-refractivity contribution is 0.0900. The van der Waals surface area contributed by atoms with Crippen molar-refractivity contribution in [3.63, 3.8) is 0 Å². The summed E-state index contributed by atoms with van der Waals surface area (Å²) < 4.78 is 2.48. The molecular weight excluding hydrogens is 330 g/mol. The molecule has 5 heteroatoms. The number of aryl methyl sites for hydroxylation is 1. The van der Waals surface area contributed by atoms with Gasteiger partial charge in [-0.25, -0.2) is 0 Å². The highest BCUT2D eigenvalue weighted by Crippen LogP contribution is 2.26. The van der Waals surface area contributed by atoms with E-state index < -0.39 is 0 Å². The predicted molar refractivity (Wildman–Crippen MR) is 87.1 cm³/mol. The zero-order valence-electron chi connectivity index (χ0n) is 12.3. The molecular formula is C16H20BrN3O. The van der Waals surface area contributed by atoms with E-state index in [0.29, 0.717) is 5.69 Å². The Bertz CT molecular complexity index is 609. The third kappa shape index (κ3) is 3.41. The number of aromatic nitrogens is 2. The summed E-state index contributed by atoms with van der Waals surface area (Å²) in [4.78, 5) is 12.8. The number of ketones is 1. The predicted octanol–water partition coefficient (Wildman–Crippen LogP) is 3.57. The number of nitrogens with two attached hydrogens (primary N) is 1. The molecule has 0 spiro atoms. The van der Waals surface area contributed by atoms with E-state index in [1.54, 1.807) is 10.9 Å². The molecule has 0 aliphatic heterocycles. The van der Waals surface area contributed by atoms with Crippen LogP contribution in [0.3, 0.4) is 0 Å². The van der Waals surface area contributed by atoms with Crippen LogP contribution in [-0.2, 0) is 6.54 Å². The largest absolute Gasteiger partial charge is 0.323 e. The van der Waals surface area contributed by atoms with Gasteiger partial charge in [0.1, 0.15) is 5.69 Å². The minimum Gasteiger partial charge on any atom is -0.323 e. The first-order valence-corrected chi connectivity index (χ1v) is 7.91. The molecule has 4 nitrogen and oxygen atoms in total. The van der Waals surface area contributed by atoms with Crippen molar-refractivity contribution in [2.24, 2.45) is 11.7 Å². The third-order valence-corrected chi connectivity index (χ3v) is 4.18. The van der Waals surface area contributed by atoms with Gasteiger partial charge in [0.2, 0.25) is 0 Å². The lowest BCUT2D eigenvalue weighted by atomic mass is 9.90. The minimum absolute atomic E-state index is 0.0178. The number of halogens is 1. The molecule has 0 bridgehead atoms. The summed E-state index contributed by atoms with van der Waals surface area (Å²) in [7, 11) is 0. The minimum atomic E-state index is -0.324. The summed E-state index contributed by atoms with van der Waals surface area (Å²) in [6, 6.07) is 9.39. The van der Waals surface area contributed by atoms with E-state index in [9.17, 15) is 4.79 Å². The molecule has 112 valence electrons. The summed E-state index contributed by atoms with van der Waals surface area (Å²) in [6.07, 6.45) is 2.59. The fraction of sp³-hybridized carbons (Fsp3) is 0.375. The molecule has 1 aromatic carbocycles. The Balaban J connectivity index is 2.25. The fourth-order valence-corrected chi connectivity index (χ4v) is 2.82. The molecule has 0 saturated carbocycles. The van der Waals surface area contributed by atoms with Gasteiger partial charge < -0.3 is 5.73 Å². The van der Waals surface area contributed by atoms with Gasteiger partial charge in [0, 0.05) is 18.5 Å². The topological polar surface area (TPSA) is 60.9 Å². The van der Waals surface area contributed by atoms with Crippen molar-refractivity contribution < 1.29 is 4.79 Å². The average molecular weight is 350 g/mol. The SMILES string of the molecule is CCCn1ncc(Br)c1C(=O)C(C)C(N)c1ccccc1. The van der Waals surface area contributed by atoms with E-state index in [4.69, 9.17) is 5.73 Å². The van der Waals surface area contributed by atoms with Crippen LogP contribution in [0.4, 0.5) is 0 Å². The number of carbonyl (C=O) groups excluding carboxylic acids is 1. The van der Waals surface area contributed by atoms with Crippen LogP contribution in [0, 0.1) is 5.92 Å². The number of hydrogen-bond acceptors (Lipinski definition) is 3. The highest BCUT2D eigenvalue weighted by Gasteiger charge is 2.27. The van der Waals surface area contributed by atoms with Gasteiger partial charge in [-0.1, -0.05) is 44.2 Å². The van der Waals surface area contributed by atoms with Crippen LogP contribution in [0.25, 0.3) is 0 Å². The summed E-state index contributed by atoms with van der Waals surface area (Å²) in [5, 5.41) is 4.25. The molecule has 0 aliphatic rings. The number of nitrogens with zero attached hydrogens (tertiary/aromatic N) is 2. The van der Waals surface area contributed by atoms with Crippen molar-refractivity contribution in [3.8, 4) is 0 Å². The van der Waals surface area contributed by atoms with Crippen LogP contribution < -0.4 is 5.73 Å². The van der Waals surface area contributed by atoms with Gasteiger partial charge in [-0.15, -0.1) is 0 Å². The van der Waals surface area contributed by atoms with E-state index in [1.165, 1.54) is 0 Å². The van der Waals surface area contributed by atoms with Gasteiger partial charge in [0.15, 0.2) is 5.78 Å².